The van der Waals surface area contributed by atoms with Crippen LogP contribution < -0.4 is 5.32 Å². The minimum atomic E-state index is 0.0940. The summed E-state index contributed by atoms with van der Waals surface area (Å²) in [6.07, 6.45) is 28.3. The predicted octanol–water partition coefficient (Wildman–Crippen LogP) is 6.49. The zero-order valence-corrected chi connectivity index (χ0v) is 16.6. The number of unbranched alkanes of at least 4 members (excludes halogenated alkanes) is 4. The van der Waals surface area contributed by atoms with Crippen molar-refractivity contribution in [1.29, 1.82) is 0 Å². The third-order valence-electron chi connectivity index (χ3n) is 3.65. The van der Waals surface area contributed by atoms with Gasteiger partial charge in [0.05, 0.1) is 0 Å². The lowest BCUT2D eigenvalue weighted by atomic mass is 10.2. The molecule has 0 saturated carbocycles. The molecule has 25 heavy (non-hydrogen) atoms. The van der Waals surface area contributed by atoms with Crippen molar-refractivity contribution in [3.8, 4) is 0 Å². The number of amides is 1. The van der Waals surface area contributed by atoms with Crippen LogP contribution in [0.15, 0.2) is 48.6 Å². The van der Waals surface area contributed by atoms with Gasteiger partial charge in [0.2, 0.25) is 5.91 Å². The number of hydrogen-bond acceptors (Lipinski definition) is 1. The van der Waals surface area contributed by atoms with Gasteiger partial charge in [-0.25, -0.2) is 0 Å². The minimum absolute atomic E-state index is 0.0940. The third kappa shape index (κ3) is 20.7. The highest BCUT2D eigenvalue weighted by Crippen LogP contribution is 2.01. The molecule has 0 aliphatic rings. The summed E-state index contributed by atoms with van der Waals surface area (Å²) in [7, 11) is 0. The van der Waals surface area contributed by atoms with Crippen LogP contribution >= 0.6 is 11.6 Å². The second kappa shape index (κ2) is 20.8. The molecule has 0 bridgehead atoms. The number of hydrogen-bond donors (Lipinski definition) is 1. The van der Waals surface area contributed by atoms with Crippen molar-refractivity contribution in [2.45, 2.75) is 71.1 Å². The summed E-state index contributed by atoms with van der Waals surface area (Å²) in [6, 6.07) is 0. The summed E-state index contributed by atoms with van der Waals surface area (Å²) < 4.78 is 0. The molecular weight excluding hydrogens is 330 g/mol. The largest absolute Gasteiger partial charge is 0.355 e. The Kier molecular flexibility index (Phi) is 19.7. The Hall–Kier alpha value is -1.28. The minimum Gasteiger partial charge on any atom is -0.355 e. The van der Waals surface area contributed by atoms with Crippen LogP contribution in [0.25, 0.3) is 0 Å². The number of alkyl halides is 1. The number of halogens is 1. The van der Waals surface area contributed by atoms with Crippen LogP contribution in [0.2, 0.25) is 0 Å². The normalized spacial score (nSPS) is 12.2. The SMILES string of the molecule is CCCCC/C=C/C/C=C/C/C=C\C/C=C/CCCC(=O)NCCCl. The Balaban J connectivity index is 3.44. The van der Waals surface area contributed by atoms with E-state index in [0.29, 0.717) is 18.8 Å². The second-order valence-corrected chi connectivity index (χ2v) is 6.40. The van der Waals surface area contributed by atoms with Crippen molar-refractivity contribution < 1.29 is 4.79 Å². The van der Waals surface area contributed by atoms with E-state index in [2.05, 4.69) is 60.8 Å². The van der Waals surface area contributed by atoms with E-state index in [4.69, 9.17) is 11.6 Å². The highest BCUT2D eigenvalue weighted by molar-refractivity contribution is 6.18. The number of carbonyl (C=O) groups excluding carboxylic acids is 1. The Morgan fingerprint density at radius 1 is 0.800 bits per heavy atom. The highest BCUT2D eigenvalue weighted by atomic mass is 35.5. The molecule has 0 spiro atoms. The summed E-state index contributed by atoms with van der Waals surface area (Å²) in [4.78, 5) is 11.3. The first-order valence-electron chi connectivity index (χ1n) is 9.73. The van der Waals surface area contributed by atoms with Crippen molar-refractivity contribution in [2.75, 3.05) is 12.4 Å². The lowest BCUT2D eigenvalue weighted by Gasteiger charge is -2.00. The van der Waals surface area contributed by atoms with Gasteiger partial charge >= 0.3 is 0 Å². The van der Waals surface area contributed by atoms with Gasteiger partial charge in [-0.15, -0.1) is 11.6 Å². The molecule has 0 aromatic rings. The van der Waals surface area contributed by atoms with Crippen molar-refractivity contribution >= 4 is 17.5 Å². The Morgan fingerprint density at radius 3 is 1.84 bits per heavy atom. The molecule has 0 fully saturated rings. The van der Waals surface area contributed by atoms with E-state index in [1.54, 1.807) is 0 Å². The van der Waals surface area contributed by atoms with Gasteiger partial charge < -0.3 is 5.32 Å². The second-order valence-electron chi connectivity index (χ2n) is 6.02. The van der Waals surface area contributed by atoms with E-state index in [1.807, 2.05) is 0 Å². The van der Waals surface area contributed by atoms with Gasteiger partial charge in [0.25, 0.3) is 0 Å². The summed E-state index contributed by atoms with van der Waals surface area (Å²) in [5, 5.41) is 2.77. The molecule has 1 N–H and O–H groups in total. The Morgan fingerprint density at radius 2 is 1.32 bits per heavy atom. The average Bonchev–Trinajstić information content (AvgIpc) is 2.62. The van der Waals surface area contributed by atoms with Crippen LogP contribution in [0.1, 0.15) is 71.1 Å². The van der Waals surface area contributed by atoms with Gasteiger partial charge in [0.15, 0.2) is 0 Å². The molecule has 0 radical (unpaired) electrons. The number of nitrogens with one attached hydrogen (secondary N) is 1. The molecule has 0 saturated heterocycles. The maximum Gasteiger partial charge on any atom is 0.220 e. The monoisotopic (exact) mass is 365 g/mol. The topological polar surface area (TPSA) is 29.1 Å². The Labute approximate surface area is 160 Å². The summed E-state index contributed by atoms with van der Waals surface area (Å²) >= 11 is 5.51. The zero-order chi connectivity index (χ0) is 18.4. The molecule has 0 heterocycles. The third-order valence-corrected chi connectivity index (χ3v) is 3.84. The molecule has 0 atom stereocenters. The van der Waals surface area contributed by atoms with E-state index in [1.165, 1.54) is 25.7 Å². The average molecular weight is 366 g/mol. The van der Waals surface area contributed by atoms with Gasteiger partial charge in [-0.1, -0.05) is 68.4 Å². The number of carbonyl (C=O) groups is 1. The van der Waals surface area contributed by atoms with Gasteiger partial charge in [0, 0.05) is 18.8 Å². The van der Waals surface area contributed by atoms with Crippen LogP contribution in [0, 0.1) is 0 Å². The lowest BCUT2D eigenvalue weighted by molar-refractivity contribution is -0.121. The summed E-state index contributed by atoms with van der Waals surface area (Å²) in [5.74, 6) is 0.569. The van der Waals surface area contributed by atoms with Crippen molar-refractivity contribution in [3.63, 3.8) is 0 Å². The molecule has 0 rings (SSSR count). The predicted molar refractivity (Wildman–Crippen MR) is 112 cm³/mol. The van der Waals surface area contributed by atoms with E-state index in [-0.39, 0.29) is 5.91 Å². The molecule has 1 amide bonds. The summed E-state index contributed by atoms with van der Waals surface area (Å²) in [5.41, 5.74) is 0. The van der Waals surface area contributed by atoms with Crippen LogP contribution in [-0.4, -0.2) is 18.3 Å². The fourth-order valence-electron chi connectivity index (χ4n) is 2.22. The van der Waals surface area contributed by atoms with Crippen LogP contribution in [-0.2, 0) is 4.79 Å². The lowest BCUT2D eigenvalue weighted by Crippen LogP contribution is -2.24. The number of rotatable bonds is 16. The molecule has 2 nitrogen and oxygen atoms in total. The molecule has 0 aromatic heterocycles. The van der Waals surface area contributed by atoms with Gasteiger partial charge in [0.1, 0.15) is 0 Å². The zero-order valence-electron chi connectivity index (χ0n) is 15.9. The smallest absolute Gasteiger partial charge is 0.220 e. The van der Waals surface area contributed by atoms with Crippen LogP contribution in [0.3, 0.4) is 0 Å². The molecule has 0 aromatic carbocycles. The molecule has 142 valence electrons. The van der Waals surface area contributed by atoms with Gasteiger partial charge in [-0.2, -0.15) is 0 Å². The fraction of sp³-hybridized carbons (Fsp3) is 0.591. The summed E-state index contributed by atoms with van der Waals surface area (Å²) in [6.45, 7) is 2.80. The maximum absolute atomic E-state index is 11.3. The van der Waals surface area contributed by atoms with E-state index in [0.717, 1.165) is 32.1 Å². The number of allylic oxidation sites excluding steroid dienone is 8. The molecule has 0 unspecified atom stereocenters. The molecule has 0 aliphatic heterocycles. The van der Waals surface area contributed by atoms with E-state index < -0.39 is 0 Å². The Bertz CT molecular complexity index is 410. The van der Waals surface area contributed by atoms with E-state index in [9.17, 15) is 4.79 Å². The maximum atomic E-state index is 11.3. The van der Waals surface area contributed by atoms with Gasteiger partial charge in [-0.3, -0.25) is 4.79 Å². The van der Waals surface area contributed by atoms with Crippen LogP contribution in [0.4, 0.5) is 0 Å². The van der Waals surface area contributed by atoms with Crippen molar-refractivity contribution in [2.24, 2.45) is 0 Å². The first-order valence-corrected chi connectivity index (χ1v) is 10.3. The first kappa shape index (κ1) is 23.7. The van der Waals surface area contributed by atoms with Gasteiger partial charge in [-0.05, 0) is 44.9 Å². The quantitative estimate of drug-likeness (QED) is 0.189. The standard InChI is InChI=1S/C22H36ClNO/c1-2-3-4-5-6-7-8-9-10-11-12-13-14-15-16-17-18-19-22(25)24-21-20-23/h6-7,9-10,12-13,15-16H,2-5,8,11,14,17-21H2,1H3,(H,24,25)/b7-6+,10-9+,13-12-,16-15+. The van der Waals surface area contributed by atoms with Crippen molar-refractivity contribution in [3.05, 3.63) is 48.6 Å². The molecular formula is C22H36ClNO. The molecule has 0 aliphatic carbocycles. The van der Waals surface area contributed by atoms with Crippen LogP contribution in [0.5, 0.6) is 0 Å². The first-order chi connectivity index (χ1) is 12.3. The van der Waals surface area contributed by atoms with Crippen molar-refractivity contribution in [1.82, 2.24) is 5.32 Å². The highest BCUT2D eigenvalue weighted by Gasteiger charge is 1.97. The molecule has 3 heteroatoms. The van der Waals surface area contributed by atoms with E-state index >= 15 is 0 Å². The fourth-order valence-corrected chi connectivity index (χ4v) is 2.31.